The Kier molecular flexibility index (Phi) is 4.36. The van der Waals surface area contributed by atoms with Crippen LogP contribution in [0.25, 0.3) is 5.65 Å². The summed E-state index contributed by atoms with van der Waals surface area (Å²) in [6.07, 6.45) is 6.45. The van der Waals surface area contributed by atoms with Crippen molar-refractivity contribution in [2.75, 3.05) is 6.61 Å². The van der Waals surface area contributed by atoms with Gasteiger partial charge in [0.1, 0.15) is 23.7 Å². The number of hydrogen-bond donors (Lipinski definition) is 1. The van der Waals surface area contributed by atoms with Crippen molar-refractivity contribution in [2.24, 2.45) is 5.41 Å². The van der Waals surface area contributed by atoms with Crippen LogP contribution in [-0.2, 0) is 4.79 Å². The fourth-order valence-corrected chi connectivity index (χ4v) is 5.18. The van der Waals surface area contributed by atoms with Gasteiger partial charge in [-0.2, -0.15) is 0 Å². The minimum atomic E-state index is -0.176. The molecule has 154 valence electrons. The van der Waals surface area contributed by atoms with E-state index in [0.29, 0.717) is 22.9 Å². The number of halogens is 1. The SMILES string of the molecule is Cc1cc(OCC(=O)CC23CC(NC(=O)c4cnc5ccccn45)(C2)C3)ccc1Cl. The number of carbonyl (C=O) groups is 2. The van der Waals surface area contributed by atoms with Gasteiger partial charge in [0.05, 0.1) is 6.20 Å². The first-order valence-corrected chi connectivity index (χ1v) is 10.4. The van der Waals surface area contributed by atoms with Gasteiger partial charge in [0.25, 0.3) is 5.91 Å². The zero-order chi connectivity index (χ0) is 20.9. The van der Waals surface area contributed by atoms with Crippen LogP contribution in [0.15, 0.2) is 48.8 Å². The number of benzene rings is 1. The Morgan fingerprint density at radius 1 is 1.23 bits per heavy atom. The van der Waals surface area contributed by atoms with Crippen LogP contribution < -0.4 is 10.1 Å². The second-order valence-corrected chi connectivity index (χ2v) is 9.16. The summed E-state index contributed by atoms with van der Waals surface area (Å²) in [4.78, 5) is 29.4. The maximum atomic E-state index is 12.7. The van der Waals surface area contributed by atoms with Gasteiger partial charge < -0.3 is 10.1 Å². The summed E-state index contributed by atoms with van der Waals surface area (Å²) in [5, 5.41) is 3.85. The Morgan fingerprint density at radius 2 is 2.03 bits per heavy atom. The largest absolute Gasteiger partial charge is 0.486 e. The highest BCUT2D eigenvalue weighted by molar-refractivity contribution is 6.31. The molecule has 2 heterocycles. The van der Waals surface area contributed by atoms with Crippen molar-refractivity contribution in [1.82, 2.24) is 14.7 Å². The van der Waals surface area contributed by atoms with Gasteiger partial charge in [0.15, 0.2) is 5.78 Å². The van der Waals surface area contributed by atoms with Crippen LogP contribution in [0.3, 0.4) is 0 Å². The summed E-state index contributed by atoms with van der Waals surface area (Å²) >= 11 is 6.02. The number of hydrogen-bond acceptors (Lipinski definition) is 4. The standard InChI is InChI=1S/C23H22ClN3O3/c1-15-8-17(5-6-18(15)24)30-11-16(28)9-22-12-23(13-22,14-22)26-21(29)19-10-25-20-4-2-3-7-27(19)20/h2-8,10H,9,11-14H2,1H3,(H,26,29). The Balaban J connectivity index is 1.13. The minimum Gasteiger partial charge on any atom is -0.486 e. The van der Waals surface area contributed by atoms with Gasteiger partial charge in [0, 0.05) is 23.2 Å². The van der Waals surface area contributed by atoms with Gasteiger partial charge in [-0.15, -0.1) is 0 Å². The Hall–Kier alpha value is -2.86. The molecule has 0 radical (unpaired) electrons. The molecular formula is C23H22ClN3O3. The number of rotatable bonds is 7. The lowest BCUT2D eigenvalue weighted by molar-refractivity contribution is -0.162. The van der Waals surface area contributed by atoms with Gasteiger partial charge in [-0.25, -0.2) is 4.98 Å². The molecule has 0 unspecified atom stereocenters. The molecule has 0 aliphatic heterocycles. The topological polar surface area (TPSA) is 72.7 Å². The zero-order valence-corrected chi connectivity index (χ0v) is 17.4. The third kappa shape index (κ3) is 3.25. The van der Waals surface area contributed by atoms with Gasteiger partial charge in [0.2, 0.25) is 0 Å². The summed E-state index contributed by atoms with van der Waals surface area (Å²) in [5.41, 5.74) is 2.04. The Morgan fingerprint density at radius 3 is 2.80 bits per heavy atom. The molecule has 6 nitrogen and oxygen atoms in total. The second kappa shape index (κ2) is 6.84. The van der Waals surface area contributed by atoms with E-state index in [4.69, 9.17) is 16.3 Å². The van der Waals surface area contributed by atoms with E-state index in [9.17, 15) is 9.59 Å². The van der Waals surface area contributed by atoms with E-state index in [1.807, 2.05) is 37.4 Å². The second-order valence-electron chi connectivity index (χ2n) is 8.75. The lowest BCUT2D eigenvalue weighted by Crippen LogP contribution is -2.75. The third-order valence-corrected chi connectivity index (χ3v) is 6.69. The predicted molar refractivity (Wildman–Crippen MR) is 113 cm³/mol. The minimum absolute atomic E-state index is 0.0170. The molecule has 1 N–H and O–H groups in total. The van der Waals surface area contributed by atoms with Crippen LogP contribution in [0, 0.1) is 12.3 Å². The molecule has 2 bridgehead atoms. The van der Waals surface area contributed by atoms with E-state index >= 15 is 0 Å². The zero-order valence-electron chi connectivity index (χ0n) is 16.7. The molecule has 2 aromatic heterocycles. The molecule has 1 aromatic carbocycles. The molecule has 3 fully saturated rings. The molecule has 3 aromatic rings. The van der Waals surface area contributed by atoms with Crippen LogP contribution in [0.1, 0.15) is 41.7 Å². The smallest absolute Gasteiger partial charge is 0.270 e. The van der Waals surface area contributed by atoms with E-state index in [1.165, 1.54) is 0 Å². The summed E-state index contributed by atoms with van der Waals surface area (Å²) in [6, 6.07) is 11.0. The van der Waals surface area contributed by atoms with Crippen molar-refractivity contribution in [3.05, 3.63) is 65.1 Å². The third-order valence-electron chi connectivity index (χ3n) is 6.27. The number of aryl methyl sites for hydroxylation is 1. The molecule has 0 spiro atoms. The number of amides is 1. The van der Waals surface area contributed by atoms with Crippen LogP contribution in [0.2, 0.25) is 5.02 Å². The molecule has 6 rings (SSSR count). The first-order valence-electron chi connectivity index (χ1n) is 10.0. The lowest BCUT2D eigenvalue weighted by Gasteiger charge is -2.70. The number of carbonyl (C=O) groups excluding carboxylic acids is 2. The van der Waals surface area contributed by atoms with Crippen LogP contribution in [0.4, 0.5) is 0 Å². The number of pyridine rings is 1. The van der Waals surface area contributed by atoms with E-state index in [0.717, 1.165) is 30.5 Å². The van der Waals surface area contributed by atoms with Crippen LogP contribution in [0.5, 0.6) is 5.75 Å². The highest BCUT2D eigenvalue weighted by Crippen LogP contribution is 2.69. The number of nitrogens with zero attached hydrogens (tertiary/aromatic N) is 2. The summed E-state index contributed by atoms with van der Waals surface area (Å²) < 4.78 is 7.41. The average Bonchev–Trinajstić information content (AvgIpc) is 3.10. The maximum Gasteiger partial charge on any atom is 0.270 e. The van der Waals surface area contributed by atoms with Crippen molar-refractivity contribution in [2.45, 2.75) is 38.1 Å². The summed E-state index contributed by atoms with van der Waals surface area (Å²) in [6.45, 7) is 1.96. The number of ether oxygens (including phenoxy) is 1. The number of fused-ring (bicyclic) bond motifs is 1. The first kappa shape index (κ1) is 19.1. The van der Waals surface area contributed by atoms with Crippen molar-refractivity contribution in [1.29, 1.82) is 0 Å². The molecule has 0 atom stereocenters. The number of aromatic nitrogens is 2. The van der Waals surface area contributed by atoms with Crippen LogP contribution >= 0.6 is 11.6 Å². The highest BCUT2D eigenvalue weighted by Gasteiger charge is 2.68. The predicted octanol–water partition coefficient (Wildman–Crippen LogP) is 3.99. The maximum absolute atomic E-state index is 12.7. The van der Waals surface area contributed by atoms with Crippen molar-refractivity contribution >= 4 is 28.9 Å². The highest BCUT2D eigenvalue weighted by atomic mass is 35.5. The summed E-state index contributed by atoms with van der Waals surface area (Å²) in [7, 11) is 0. The molecular weight excluding hydrogens is 402 g/mol. The molecule has 3 aliphatic carbocycles. The lowest BCUT2D eigenvalue weighted by atomic mass is 9.38. The van der Waals surface area contributed by atoms with Gasteiger partial charge in [-0.05, 0) is 67.5 Å². The van der Waals surface area contributed by atoms with E-state index in [-0.39, 0.29) is 29.3 Å². The Labute approximate surface area is 179 Å². The molecule has 30 heavy (non-hydrogen) atoms. The molecule has 7 heteroatoms. The van der Waals surface area contributed by atoms with Crippen LogP contribution in [-0.4, -0.2) is 33.2 Å². The number of nitrogens with one attached hydrogen (secondary N) is 1. The molecule has 3 aliphatic rings. The average molecular weight is 424 g/mol. The molecule has 3 saturated carbocycles. The fraction of sp³-hybridized carbons (Fsp3) is 0.348. The van der Waals surface area contributed by atoms with E-state index in [2.05, 4.69) is 10.3 Å². The summed E-state index contributed by atoms with van der Waals surface area (Å²) in [5.74, 6) is 0.624. The van der Waals surface area contributed by atoms with Gasteiger partial charge in [-0.3, -0.25) is 14.0 Å². The van der Waals surface area contributed by atoms with Crippen molar-refractivity contribution in [3.8, 4) is 5.75 Å². The quantitative estimate of drug-likeness (QED) is 0.623. The van der Waals surface area contributed by atoms with E-state index in [1.54, 1.807) is 22.7 Å². The van der Waals surface area contributed by atoms with Crippen molar-refractivity contribution in [3.63, 3.8) is 0 Å². The number of Topliss-reactive ketones (excluding diaryl/α,β-unsaturated/α-hetero) is 1. The fourth-order valence-electron chi connectivity index (χ4n) is 5.06. The van der Waals surface area contributed by atoms with Gasteiger partial charge >= 0.3 is 0 Å². The first-order chi connectivity index (χ1) is 14.4. The number of imidazole rings is 1. The van der Waals surface area contributed by atoms with E-state index < -0.39 is 0 Å². The Bertz CT molecular complexity index is 1150. The normalized spacial score (nSPS) is 24.1. The van der Waals surface area contributed by atoms with Crippen molar-refractivity contribution < 1.29 is 14.3 Å². The molecule has 0 saturated heterocycles. The van der Waals surface area contributed by atoms with Gasteiger partial charge in [-0.1, -0.05) is 17.7 Å². The number of ketones is 1. The molecule has 1 amide bonds. The monoisotopic (exact) mass is 423 g/mol.